The van der Waals surface area contributed by atoms with Gasteiger partial charge in [-0.1, -0.05) is 0 Å². The first-order chi connectivity index (χ1) is 3.25. The SMILES string of the molecule is CC(C)(C)S(=O)(=O)O.[BiH3]. The van der Waals surface area contributed by atoms with Crippen LogP contribution in [0.2, 0.25) is 0 Å². The van der Waals surface area contributed by atoms with Crippen LogP contribution in [0.3, 0.4) is 0 Å². The van der Waals surface area contributed by atoms with Gasteiger partial charge in [0, 0.05) is 0 Å². The molecule has 0 unspecified atom stereocenters. The molecule has 0 saturated carbocycles. The molecule has 0 aromatic carbocycles. The summed E-state index contributed by atoms with van der Waals surface area (Å²) >= 11 is 0. The van der Waals surface area contributed by atoms with E-state index in [0.29, 0.717) is 0 Å². The summed E-state index contributed by atoms with van der Waals surface area (Å²) in [6, 6.07) is 0. The molecule has 0 aromatic rings. The van der Waals surface area contributed by atoms with Gasteiger partial charge in [-0.3, -0.25) is 4.55 Å². The molecular formula is C4H13BiO3S. The Morgan fingerprint density at radius 1 is 1.22 bits per heavy atom. The van der Waals surface area contributed by atoms with Gasteiger partial charge >= 0.3 is 26.2 Å². The zero-order valence-corrected chi connectivity index (χ0v) is 12.2. The Labute approximate surface area is 74.7 Å². The van der Waals surface area contributed by atoms with E-state index in [9.17, 15) is 8.42 Å². The van der Waals surface area contributed by atoms with Crippen molar-refractivity contribution in [2.45, 2.75) is 25.5 Å². The van der Waals surface area contributed by atoms with Gasteiger partial charge in [0.05, 0.1) is 4.75 Å². The van der Waals surface area contributed by atoms with Gasteiger partial charge in [-0.2, -0.15) is 8.42 Å². The van der Waals surface area contributed by atoms with E-state index >= 15 is 0 Å². The summed E-state index contributed by atoms with van der Waals surface area (Å²) in [5.41, 5.74) is 0. The molecule has 0 amide bonds. The van der Waals surface area contributed by atoms with Crippen molar-refractivity contribution in [3.05, 3.63) is 0 Å². The van der Waals surface area contributed by atoms with Crippen molar-refractivity contribution in [3.8, 4) is 0 Å². The Balaban J connectivity index is 0. The van der Waals surface area contributed by atoms with Crippen LogP contribution in [0.5, 0.6) is 0 Å². The molecule has 0 aromatic heterocycles. The van der Waals surface area contributed by atoms with E-state index in [4.69, 9.17) is 4.55 Å². The van der Waals surface area contributed by atoms with Crippen LogP contribution < -0.4 is 0 Å². The van der Waals surface area contributed by atoms with Gasteiger partial charge in [0.25, 0.3) is 10.1 Å². The van der Waals surface area contributed by atoms with Gasteiger partial charge in [-0.05, 0) is 20.8 Å². The second-order valence-electron chi connectivity index (χ2n) is 2.59. The molecule has 0 aliphatic carbocycles. The summed E-state index contributed by atoms with van der Waals surface area (Å²) in [5, 5.41) is 0. The summed E-state index contributed by atoms with van der Waals surface area (Å²) in [5.74, 6) is 0. The number of rotatable bonds is 0. The molecule has 0 aliphatic rings. The summed E-state index contributed by atoms with van der Waals surface area (Å²) in [6.07, 6.45) is 0. The first-order valence-electron chi connectivity index (χ1n) is 2.22. The molecule has 0 atom stereocenters. The third-order valence-corrected chi connectivity index (χ3v) is 2.32. The normalized spacial score (nSPS) is 12.4. The second-order valence-corrected chi connectivity index (χ2v) is 4.76. The van der Waals surface area contributed by atoms with Gasteiger partial charge in [0.15, 0.2) is 0 Å². The molecule has 9 heavy (non-hydrogen) atoms. The van der Waals surface area contributed by atoms with Crippen molar-refractivity contribution >= 4 is 36.3 Å². The minimum absolute atomic E-state index is 0. The number of hydrogen-bond donors (Lipinski definition) is 1. The van der Waals surface area contributed by atoms with Crippen LogP contribution in [0, 0.1) is 0 Å². The van der Waals surface area contributed by atoms with E-state index in [1.165, 1.54) is 20.8 Å². The zero-order chi connectivity index (χ0) is 7.00. The average molecular weight is 350 g/mol. The van der Waals surface area contributed by atoms with Crippen molar-refractivity contribution in [2.24, 2.45) is 0 Å². The van der Waals surface area contributed by atoms with E-state index in [0.717, 1.165) is 0 Å². The average Bonchev–Trinajstić information content (AvgIpc) is 1.25. The van der Waals surface area contributed by atoms with Crippen molar-refractivity contribution in [2.75, 3.05) is 0 Å². The van der Waals surface area contributed by atoms with E-state index in [2.05, 4.69) is 0 Å². The molecule has 0 rings (SSSR count). The maximum atomic E-state index is 10.2. The fourth-order valence-electron chi connectivity index (χ4n) is 0. The predicted molar refractivity (Wildman–Crippen MR) is 41.2 cm³/mol. The van der Waals surface area contributed by atoms with E-state index in [1.54, 1.807) is 0 Å². The molecule has 0 radical (unpaired) electrons. The van der Waals surface area contributed by atoms with Gasteiger partial charge < -0.3 is 0 Å². The molecular weight excluding hydrogens is 337 g/mol. The molecule has 58 valence electrons. The van der Waals surface area contributed by atoms with Crippen molar-refractivity contribution in [1.29, 1.82) is 0 Å². The molecule has 0 saturated heterocycles. The Bertz CT molecular complexity index is 165. The first kappa shape index (κ1) is 12.5. The van der Waals surface area contributed by atoms with Crippen LogP contribution in [-0.2, 0) is 10.1 Å². The second kappa shape index (κ2) is 3.26. The quantitative estimate of drug-likeness (QED) is 0.473. The third kappa shape index (κ3) is 4.23. The van der Waals surface area contributed by atoms with Crippen LogP contribution in [-0.4, -0.2) is 43.9 Å². The maximum absolute atomic E-state index is 10.2. The molecule has 5 heteroatoms. The number of hydrogen-bond acceptors (Lipinski definition) is 2. The van der Waals surface area contributed by atoms with E-state index in [1.807, 2.05) is 0 Å². The van der Waals surface area contributed by atoms with Crippen LogP contribution in [0.25, 0.3) is 0 Å². The first-order valence-corrected chi connectivity index (χ1v) is 3.66. The standard InChI is InChI=1S/C4H10O3S.Bi.3H/c1-4(2,3)8(5,6)7;;;;/h1-3H3,(H,5,6,7);;;;. The Kier molecular flexibility index (Phi) is 4.52. The van der Waals surface area contributed by atoms with Crippen molar-refractivity contribution in [1.82, 2.24) is 0 Å². The minimum atomic E-state index is -3.84. The van der Waals surface area contributed by atoms with Gasteiger partial charge in [-0.25, -0.2) is 0 Å². The summed E-state index contributed by atoms with van der Waals surface area (Å²) in [7, 11) is -3.84. The van der Waals surface area contributed by atoms with E-state index in [-0.39, 0.29) is 26.2 Å². The molecule has 0 fully saturated rings. The monoisotopic (exact) mass is 350 g/mol. The molecule has 0 bridgehead atoms. The topological polar surface area (TPSA) is 54.4 Å². The Morgan fingerprint density at radius 3 is 1.33 bits per heavy atom. The van der Waals surface area contributed by atoms with Gasteiger partial charge in [0.1, 0.15) is 0 Å². The fraction of sp³-hybridized carbons (Fsp3) is 1.00. The van der Waals surface area contributed by atoms with Crippen LogP contribution in [0.15, 0.2) is 0 Å². The predicted octanol–water partition coefficient (Wildman–Crippen LogP) is -0.511. The van der Waals surface area contributed by atoms with Crippen molar-refractivity contribution < 1.29 is 13.0 Å². The third-order valence-electron chi connectivity index (χ3n) is 0.774. The van der Waals surface area contributed by atoms with Crippen LogP contribution >= 0.6 is 0 Å². The van der Waals surface area contributed by atoms with Crippen LogP contribution in [0.1, 0.15) is 20.8 Å². The zero-order valence-electron chi connectivity index (χ0n) is 5.88. The fourth-order valence-corrected chi connectivity index (χ4v) is 0. The molecule has 1 N–H and O–H groups in total. The van der Waals surface area contributed by atoms with Crippen molar-refractivity contribution in [3.63, 3.8) is 0 Å². The summed E-state index contributed by atoms with van der Waals surface area (Å²) in [6.45, 7) is 4.30. The van der Waals surface area contributed by atoms with Gasteiger partial charge in [0.2, 0.25) is 0 Å². The van der Waals surface area contributed by atoms with Gasteiger partial charge in [-0.15, -0.1) is 0 Å². The Hall–Kier alpha value is 0.793. The summed E-state index contributed by atoms with van der Waals surface area (Å²) < 4.78 is 27.7. The molecule has 0 heterocycles. The van der Waals surface area contributed by atoms with Crippen LogP contribution in [0.4, 0.5) is 0 Å². The Morgan fingerprint density at radius 2 is 1.33 bits per heavy atom. The summed E-state index contributed by atoms with van der Waals surface area (Å²) in [4.78, 5) is 0. The molecule has 0 spiro atoms. The molecule has 3 nitrogen and oxygen atoms in total. The van der Waals surface area contributed by atoms with E-state index < -0.39 is 14.9 Å². The molecule has 0 aliphatic heterocycles.